The predicted octanol–water partition coefficient (Wildman–Crippen LogP) is 3.50. The van der Waals surface area contributed by atoms with E-state index in [1.165, 1.54) is 0 Å². The smallest absolute Gasteiger partial charge is 0.416 e. The first-order valence-electron chi connectivity index (χ1n) is 7.26. The average molecular weight is 405 g/mol. The summed E-state index contributed by atoms with van der Waals surface area (Å²) in [6.07, 6.45) is -11.0. The first kappa shape index (κ1) is 20.3. The third kappa shape index (κ3) is 4.22. The molecule has 146 valence electrons. The molecule has 0 saturated carbocycles. The van der Waals surface area contributed by atoms with Crippen molar-refractivity contribution >= 4 is 21.7 Å². The lowest BCUT2D eigenvalue weighted by atomic mass is 10.1. The van der Waals surface area contributed by atoms with Crippen molar-refractivity contribution in [1.82, 2.24) is 0 Å². The standard InChI is InChI=1S/C14H13F6NO4S/c15-13(16,17)8-5-9(14(18,19)20)7-10(6-8)21-4-3-11(26(21,24)25)1-2-12(22)23/h5-7,11H,1-4H2,(H,22,23). The molecule has 0 amide bonds. The molecule has 0 spiro atoms. The van der Waals surface area contributed by atoms with E-state index < -0.39 is 56.8 Å². The highest BCUT2D eigenvalue weighted by molar-refractivity contribution is 7.93. The molecular weight excluding hydrogens is 392 g/mol. The summed E-state index contributed by atoms with van der Waals surface area (Å²) < 4.78 is 103. The molecule has 0 aromatic heterocycles. The second-order valence-corrected chi connectivity index (χ2v) is 7.86. The minimum absolute atomic E-state index is 0.0892. The lowest BCUT2D eigenvalue weighted by molar-refractivity contribution is -0.143. The van der Waals surface area contributed by atoms with Crippen LogP contribution in [0.5, 0.6) is 0 Å². The van der Waals surface area contributed by atoms with Crippen molar-refractivity contribution in [2.24, 2.45) is 0 Å². The van der Waals surface area contributed by atoms with Gasteiger partial charge in [0, 0.05) is 13.0 Å². The number of sulfonamides is 1. The van der Waals surface area contributed by atoms with Crippen LogP contribution < -0.4 is 4.31 Å². The number of carboxylic acids is 1. The molecule has 0 radical (unpaired) electrons. The number of halogens is 6. The van der Waals surface area contributed by atoms with E-state index in [1.807, 2.05) is 0 Å². The number of hydrogen-bond donors (Lipinski definition) is 1. The fourth-order valence-electron chi connectivity index (χ4n) is 2.65. The van der Waals surface area contributed by atoms with Gasteiger partial charge in [-0.3, -0.25) is 9.10 Å². The SMILES string of the molecule is O=C(O)CCC1CCN(c2cc(C(F)(F)F)cc(C(F)(F)F)c2)S1(=O)=O. The zero-order chi connectivity index (χ0) is 19.9. The number of aliphatic carboxylic acids is 1. The minimum atomic E-state index is -5.10. The van der Waals surface area contributed by atoms with Crippen LogP contribution in [-0.4, -0.2) is 31.3 Å². The number of anilines is 1. The first-order valence-corrected chi connectivity index (χ1v) is 8.76. The van der Waals surface area contributed by atoms with Crippen LogP contribution in [0.2, 0.25) is 0 Å². The summed E-state index contributed by atoms with van der Waals surface area (Å²) >= 11 is 0. The van der Waals surface area contributed by atoms with Gasteiger partial charge in [-0.2, -0.15) is 26.3 Å². The minimum Gasteiger partial charge on any atom is -0.481 e. The van der Waals surface area contributed by atoms with Crippen LogP contribution in [0.25, 0.3) is 0 Å². The third-order valence-electron chi connectivity index (χ3n) is 3.92. The van der Waals surface area contributed by atoms with E-state index in [1.54, 1.807) is 0 Å². The maximum atomic E-state index is 12.9. The van der Waals surface area contributed by atoms with Crippen molar-refractivity contribution in [3.8, 4) is 0 Å². The quantitative estimate of drug-likeness (QED) is 0.779. The molecule has 1 aliphatic rings. The number of carbonyl (C=O) groups is 1. The van der Waals surface area contributed by atoms with Gasteiger partial charge in [-0.15, -0.1) is 0 Å². The first-order chi connectivity index (χ1) is 11.7. The van der Waals surface area contributed by atoms with E-state index in [0.29, 0.717) is 16.4 Å². The molecule has 1 unspecified atom stereocenters. The predicted molar refractivity (Wildman–Crippen MR) is 78.0 cm³/mol. The maximum Gasteiger partial charge on any atom is 0.416 e. The Morgan fingerprint density at radius 2 is 1.58 bits per heavy atom. The van der Waals surface area contributed by atoms with E-state index in [-0.39, 0.29) is 25.5 Å². The molecule has 2 rings (SSSR count). The van der Waals surface area contributed by atoms with Gasteiger partial charge in [-0.1, -0.05) is 0 Å². The zero-order valence-electron chi connectivity index (χ0n) is 12.9. The molecular formula is C14H13F6NO4S. The number of alkyl halides is 6. The summed E-state index contributed by atoms with van der Waals surface area (Å²) in [6.45, 7) is -0.328. The Balaban J connectivity index is 2.46. The molecule has 1 heterocycles. The monoisotopic (exact) mass is 405 g/mol. The van der Waals surface area contributed by atoms with E-state index >= 15 is 0 Å². The number of rotatable bonds is 4. The van der Waals surface area contributed by atoms with Crippen LogP contribution >= 0.6 is 0 Å². The molecule has 1 atom stereocenters. The Morgan fingerprint density at radius 3 is 2.00 bits per heavy atom. The van der Waals surface area contributed by atoms with E-state index in [2.05, 4.69) is 0 Å². The zero-order valence-corrected chi connectivity index (χ0v) is 13.7. The highest BCUT2D eigenvalue weighted by Crippen LogP contribution is 2.40. The van der Waals surface area contributed by atoms with Crippen molar-refractivity contribution in [3.05, 3.63) is 29.3 Å². The molecule has 26 heavy (non-hydrogen) atoms. The van der Waals surface area contributed by atoms with Crippen LogP contribution in [0.3, 0.4) is 0 Å². The summed E-state index contributed by atoms with van der Waals surface area (Å²) in [4.78, 5) is 10.6. The van der Waals surface area contributed by atoms with Crippen LogP contribution in [0.1, 0.15) is 30.4 Å². The second kappa shape index (κ2) is 6.63. The van der Waals surface area contributed by atoms with Crippen LogP contribution in [-0.2, 0) is 27.2 Å². The fraction of sp³-hybridized carbons (Fsp3) is 0.500. The van der Waals surface area contributed by atoms with Crippen molar-refractivity contribution in [1.29, 1.82) is 0 Å². The van der Waals surface area contributed by atoms with Gasteiger partial charge in [0.2, 0.25) is 10.0 Å². The van der Waals surface area contributed by atoms with Crippen molar-refractivity contribution in [2.75, 3.05) is 10.8 Å². The summed E-state index contributed by atoms with van der Waals surface area (Å²) in [5.74, 6) is -1.25. The Hall–Kier alpha value is -1.98. The molecule has 1 aromatic carbocycles. The summed E-state index contributed by atoms with van der Waals surface area (Å²) in [7, 11) is -4.27. The van der Waals surface area contributed by atoms with Crippen molar-refractivity contribution < 1.29 is 44.7 Å². The van der Waals surface area contributed by atoms with Gasteiger partial charge in [0.25, 0.3) is 0 Å². The summed E-state index contributed by atoms with van der Waals surface area (Å²) in [6, 6.07) is 0.590. The molecule has 1 fully saturated rings. The molecule has 1 aliphatic heterocycles. The van der Waals surface area contributed by atoms with Crippen molar-refractivity contribution in [2.45, 2.75) is 36.9 Å². The third-order valence-corrected chi connectivity index (χ3v) is 6.24. The normalized spacial score (nSPS) is 20.4. The molecule has 0 bridgehead atoms. The molecule has 1 N–H and O–H groups in total. The number of hydrogen-bond acceptors (Lipinski definition) is 3. The lowest BCUT2D eigenvalue weighted by Crippen LogP contribution is -2.30. The molecule has 5 nitrogen and oxygen atoms in total. The summed E-state index contributed by atoms with van der Waals surface area (Å²) in [5, 5.41) is 7.44. The molecule has 1 saturated heterocycles. The van der Waals surface area contributed by atoms with Crippen molar-refractivity contribution in [3.63, 3.8) is 0 Å². The Labute approximate surface area is 144 Å². The highest BCUT2D eigenvalue weighted by atomic mass is 32.2. The van der Waals surface area contributed by atoms with Gasteiger partial charge < -0.3 is 5.11 Å². The van der Waals surface area contributed by atoms with E-state index in [4.69, 9.17) is 5.11 Å². The molecule has 12 heteroatoms. The average Bonchev–Trinajstić information content (AvgIpc) is 2.77. The molecule has 0 aliphatic carbocycles. The lowest BCUT2D eigenvalue weighted by Gasteiger charge is -2.22. The Morgan fingerprint density at radius 1 is 1.08 bits per heavy atom. The number of nitrogens with zero attached hydrogens (tertiary/aromatic N) is 1. The number of benzene rings is 1. The highest BCUT2D eigenvalue weighted by Gasteiger charge is 2.42. The second-order valence-electron chi connectivity index (χ2n) is 5.72. The van der Waals surface area contributed by atoms with E-state index in [0.717, 1.165) is 0 Å². The number of carboxylic acid groups (broad SMARTS) is 1. The van der Waals surface area contributed by atoms with Gasteiger partial charge >= 0.3 is 18.3 Å². The Kier molecular flexibility index (Phi) is 5.19. The van der Waals surface area contributed by atoms with Crippen LogP contribution in [0.15, 0.2) is 18.2 Å². The van der Waals surface area contributed by atoms with Gasteiger partial charge in [0.15, 0.2) is 0 Å². The van der Waals surface area contributed by atoms with Crippen LogP contribution in [0, 0.1) is 0 Å². The summed E-state index contributed by atoms with van der Waals surface area (Å²) in [5.41, 5.74) is -3.98. The van der Waals surface area contributed by atoms with E-state index in [9.17, 15) is 39.6 Å². The molecule has 1 aromatic rings. The fourth-order valence-corrected chi connectivity index (χ4v) is 4.59. The van der Waals surface area contributed by atoms with Gasteiger partial charge in [0.1, 0.15) is 0 Å². The topological polar surface area (TPSA) is 74.7 Å². The van der Waals surface area contributed by atoms with Gasteiger partial charge in [-0.25, -0.2) is 8.42 Å². The van der Waals surface area contributed by atoms with Gasteiger partial charge in [0.05, 0.1) is 22.1 Å². The van der Waals surface area contributed by atoms with Crippen LogP contribution in [0.4, 0.5) is 32.0 Å². The largest absolute Gasteiger partial charge is 0.481 e. The maximum absolute atomic E-state index is 12.9. The van der Waals surface area contributed by atoms with Gasteiger partial charge in [-0.05, 0) is 31.0 Å². The Bertz CT molecular complexity index is 770.